The lowest BCUT2D eigenvalue weighted by atomic mass is 10.2. The third kappa shape index (κ3) is 4.77. The summed E-state index contributed by atoms with van der Waals surface area (Å²) in [5.41, 5.74) is 7.43. The zero-order valence-electron chi connectivity index (χ0n) is 13.2. The topological polar surface area (TPSA) is 103 Å². The Morgan fingerprint density at radius 2 is 2.00 bits per heavy atom. The van der Waals surface area contributed by atoms with E-state index in [0.717, 1.165) is 0 Å². The molecule has 0 bridgehead atoms. The Hall–Kier alpha value is -2.45. The molecule has 0 saturated carbocycles. The summed E-state index contributed by atoms with van der Waals surface area (Å²) >= 11 is 1.47. The van der Waals surface area contributed by atoms with Gasteiger partial charge in [0.15, 0.2) is 11.5 Å². The van der Waals surface area contributed by atoms with Gasteiger partial charge in [-0.2, -0.15) is 11.3 Å². The number of hydrogen-bond acceptors (Lipinski definition) is 6. The lowest BCUT2D eigenvalue weighted by Crippen LogP contribution is -2.25. The average Bonchev–Trinajstić information content (AvgIpc) is 3.23. The minimum atomic E-state index is -0.176. The van der Waals surface area contributed by atoms with Crippen LogP contribution in [-0.4, -0.2) is 25.2 Å². The Bertz CT molecular complexity index is 752. The van der Waals surface area contributed by atoms with Crippen LogP contribution in [0.1, 0.15) is 23.2 Å². The molecule has 1 aliphatic heterocycles. The minimum absolute atomic E-state index is 0. The smallest absolute Gasteiger partial charge is 0.252 e. The van der Waals surface area contributed by atoms with Gasteiger partial charge in [0.05, 0.1) is 11.4 Å². The fourth-order valence-electron chi connectivity index (χ4n) is 2.23. The Morgan fingerprint density at radius 3 is 2.72 bits per heavy atom. The summed E-state index contributed by atoms with van der Waals surface area (Å²) in [7, 11) is 0. The number of nitrogens with one attached hydrogen (secondary N) is 2. The Labute approximate surface area is 154 Å². The van der Waals surface area contributed by atoms with E-state index in [1.165, 1.54) is 11.3 Å². The molecule has 0 fully saturated rings. The predicted molar refractivity (Wildman–Crippen MR) is 98.7 cm³/mol. The summed E-state index contributed by atoms with van der Waals surface area (Å²) in [5, 5.41) is 9.15. The van der Waals surface area contributed by atoms with Crippen LogP contribution in [-0.2, 0) is 4.79 Å². The molecule has 0 unspecified atom stereocenters. The zero-order chi connectivity index (χ0) is 16.9. The number of fused-ring (bicyclic) bond motifs is 1. The molecule has 7 nitrogen and oxygen atoms in total. The second-order valence-electron chi connectivity index (χ2n) is 5.21. The van der Waals surface area contributed by atoms with Crippen LogP contribution in [0, 0.1) is 0 Å². The highest BCUT2D eigenvalue weighted by molar-refractivity contribution is 7.08. The van der Waals surface area contributed by atoms with Crippen molar-refractivity contribution >= 4 is 46.9 Å². The molecule has 3 rings (SSSR count). The molecule has 2 heterocycles. The second-order valence-corrected chi connectivity index (χ2v) is 5.99. The van der Waals surface area contributed by atoms with Gasteiger partial charge >= 0.3 is 0 Å². The lowest BCUT2D eigenvalue weighted by Gasteiger charge is -2.09. The summed E-state index contributed by atoms with van der Waals surface area (Å²) in [6.07, 6.45) is 0.809. The fraction of sp³-hybridized carbons (Fsp3) is 0.250. The number of nitrogen functional groups attached to an aromatic ring is 1. The molecule has 4 N–H and O–H groups in total. The largest absolute Gasteiger partial charge is 0.454 e. The summed E-state index contributed by atoms with van der Waals surface area (Å²) in [4.78, 5) is 23.7. The normalized spacial score (nSPS) is 11.5. The molecule has 0 radical (unpaired) electrons. The number of rotatable bonds is 6. The highest BCUT2D eigenvalue weighted by atomic mass is 35.5. The summed E-state index contributed by atoms with van der Waals surface area (Å²) in [5.74, 6) is 0.825. The maximum Gasteiger partial charge on any atom is 0.252 e. The van der Waals surface area contributed by atoms with Gasteiger partial charge in [0.2, 0.25) is 12.7 Å². The number of nitrogens with two attached hydrogens (primary N) is 1. The molecule has 0 spiro atoms. The van der Waals surface area contributed by atoms with Crippen molar-refractivity contribution < 1.29 is 19.1 Å². The number of amides is 2. The van der Waals surface area contributed by atoms with Gasteiger partial charge < -0.3 is 25.8 Å². The van der Waals surface area contributed by atoms with E-state index in [1.807, 2.05) is 5.38 Å². The number of hydrogen-bond donors (Lipinski definition) is 3. The highest BCUT2D eigenvalue weighted by Gasteiger charge is 2.17. The van der Waals surface area contributed by atoms with Gasteiger partial charge in [0, 0.05) is 36.0 Å². The Kier molecular flexibility index (Phi) is 6.49. The quantitative estimate of drug-likeness (QED) is 0.525. The van der Waals surface area contributed by atoms with Crippen LogP contribution in [0.4, 0.5) is 11.4 Å². The maximum atomic E-state index is 12.0. The van der Waals surface area contributed by atoms with Crippen molar-refractivity contribution in [3.8, 4) is 11.5 Å². The van der Waals surface area contributed by atoms with Crippen LogP contribution in [0.3, 0.4) is 0 Å². The first-order valence-corrected chi connectivity index (χ1v) is 8.37. The van der Waals surface area contributed by atoms with Gasteiger partial charge in [-0.05, 0) is 17.9 Å². The van der Waals surface area contributed by atoms with Crippen molar-refractivity contribution in [3.63, 3.8) is 0 Å². The van der Waals surface area contributed by atoms with E-state index in [0.29, 0.717) is 41.4 Å². The monoisotopic (exact) mass is 383 g/mol. The molecule has 1 aliphatic rings. The number of anilines is 2. The van der Waals surface area contributed by atoms with Crippen molar-refractivity contribution in [3.05, 3.63) is 34.5 Å². The second kappa shape index (κ2) is 8.59. The minimum Gasteiger partial charge on any atom is -0.454 e. The fourth-order valence-corrected chi connectivity index (χ4v) is 2.86. The van der Waals surface area contributed by atoms with Crippen molar-refractivity contribution in [1.82, 2.24) is 5.32 Å². The molecule has 0 atom stereocenters. The van der Waals surface area contributed by atoms with Crippen LogP contribution in [0.2, 0.25) is 0 Å². The van der Waals surface area contributed by atoms with Gasteiger partial charge in [-0.1, -0.05) is 0 Å². The van der Waals surface area contributed by atoms with Gasteiger partial charge in [-0.15, -0.1) is 12.4 Å². The Balaban J connectivity index is 0.00000225. The van der Waals surface area contributed by atoms with Crippen LogP contribution in [0.25, 0.3) is 0 Å². The first-order chi connectivity index (χ1) is 11.6. The van der Waals surface area contributed by atoms with E-state index in [2.05, 4.69) is 10.6 Å². The third-order valence-corrected chi connectivity index (χ3v) is 4.15. The number of benzene rings is 1. The van der Waals surface area contributed by atoms with Crippen LogP contribution in [0.5, 0.6) is 11.5 Å². The standard InChI is InChI=1S/C16H17N3O4S.ClH/c17-11-6-13-14(23-9-22-13)7-12(11)19-15(20)2-1-4-18-16(21)10-3-5-24-8-10;/h3,5-8H,1-2,4,9,17H2,(H,18,21)(H,19,20);1H. The van der Waals surface area contributed by atoms with Crippen molar-refractivity contribution in [2.45, 2.75) is 12.8 Å². The van der Waals surface area contributed by atoms with E-state index in [4.69, 9.17) is 15.2 Å². The molecule has 25 heavy (non-hydrogen) atoms. The number of halogens is 1. The molecule has 2 aromatic rings. The number of thiophene rings is 1. The molecule has 9 heteroatoms. The number of ether oxygens (including phenoxy) is 2. The molecular weight excluding hydrogens is 366 g/mol. The SMILES string of the molecule is Cl.Nc1cc2c(cc1NC(=O)CCCNC(=O)c1ccsc1)OCO2. The lowest BCUT2D eigenvalue weighted by molar-refractivity contribution is -0.116. The van der Waals surface area contributed by atoms with Gasteiger partial charge in [0.25, 0.3) is 5.91 Å². The molecular formula is C16H18ClN3O4S. The summed E-state index contributed by atoms with van der Waals surface area (Å²) < 4.78 is 10.5. The first-order valence-electron chi connectivity index (χ1n) is 7.43. The van der Waals surface area contributed by atoms with Crippen molar-refractivity contribution in [2.75, 3.05) is 24.4 Å². The highest BCUT2D eigenvalue weighted by Crippen LogP contribution is 2.38. The Morgan fingerprint density at radius 1 is 1.24 bits per heavy atom. The summed E-state index contributed by atoms with van der Waals surface area (Å²) in [6.45, 7) is 0.578. The zero-order valence-corrected chi connectivity index (χ0v) is 14.9. The molecule has 2 amide bonds. The van der Waals surface area contributed by atoms with E-state index >= 15 is 0 Å². The third-order valence-electron chi connectivity index (χ3n) is 3.47. The summed E-state index contributed by atoms with van der Waals surface area (Å²) in [6, 6.07) is 5.03. The van der Waals surface area contributed by atoms with Gasteiger partial charge in [-0.25, -0.2) is 0 Å². The van der Waals surface area contributed by atoms with E-state index in [1.54, 1.807) is 23.6 Å². The molecule has 1 aromatic carbocycles. The van der Waals surface area contributed by atoms with E-state index in [9.17, 15) is 9.59 Å². The molecule has 0 aliphatic carbocycles. The van der Waals surface area contributed by atoms with E-state index in [-0.39, 0.29) is 37.4 Å². The van der Waals surface area contributed by atoms with Gasteiger partial charge in [0.1, 0.15) is 0 Å². The van der Waals surface area contributed by atoms with E-state index < -0.39 is 0 Å². The molecule has 134 valence electrons. The van der Waals surface area contributed by atoms with Crippen molar-refractivity contribution in [1.29, 1.82) is 0 Å². The molecule has 1 aromatic heterocycles. The van der Waals surface area contributed by atoms with Crippen LogP contribution < -0.4 is 25.8 Å². The average molecular weight is 384 g/mol. The predicted octanol–water partition coefficient (Wildman–Crippen LogP) is 2.63. The van der Waals surface area contributed by atoms with Crippen LogP contribution >= 0.6 is 23.7 Å². The molecule has 0 saturated heterocycles. The van der Waals surface area contributed by atoms with Crippen molar-refractivity contribution in [2.24, 2.45) is 0 Å². The number of carbonyl (C=O) groups is 2. The van der Waals surface area contributed by atoms with Crippen LogP contribution in [0.15, 0.2) is 29.0 Å². The first kappa shape index (κ1) is 18.9. The maximum absolute atomic E-state index is 12.0. The number of carbonyl (C=O) groups excluding carboxylic acids is 2. The van der Waals surface area contributed by atoms with Gasteiger partial charge in [-0.3, -0.25) is 9.59 Å².